The Labute approximate surface area is 126 Å². The minimum Gasteiger partial charge on any atom is -0.481 e. The quantitative estimate of drug-likeness (QED) is 0.658. The van der Waals surface area contributed by atoms with Crippen LogP contribution in [0.15, 0.2) is 41.6 Å². The van der Waals surface area contributed by atoms with Crippen LogP contribution in [0.4, 0.5) is 5.69 Å². The average molecular weight is 323 g/mol. The molecule has 0 aliphatic rings. The Kier molecular flexibility index (Phi) is 4.56. The van der Waals surface area contributed by atoms with Gasteiger partial charge in [0.15, 0.2) is 5.78 Å². The van der Waals surface area contributed by atoms with Gasteiger partial charge < -0.3 is 5.11 Å². The van der Waals surface area contributed by atoms with Crippen LogP contribution in [-0.2, 0) is 14.8 Å². The standard InChI is InChI=1S/C13H13N3O5S/c17-12(4-5-13(18)19)9-2-1-3-10(6-9)16-22(20,21)11-7-14-15-8-11/h1-3,6-8,16H,4-5H2,(H,14,15)(H,18,19). The molecule has 0 unspecified atom stereocenters. The van der Waals surface area contributed by atoms with Crippen molar-refractivity contribution in [2.75, 3.05) is 4.72 Å². The van der Waals surface area contributed by atoms with Gasteiger partial charge in [0.05, 0.1) is 12.6 Å². The largest absolute Gasteiger partial charge is 0.481 e. The lowest BCUT2D eigenvalue weighted by Crippen LogP contribution is -2.12. The highest BCUT2D eigenvalue weighted by Crippen LogP contribution is 2.17. The maximum absolute atomic E-state index is 12.0. The van der Waals surface area contributed by atoms with E-state index in [1.54, 1.807) is 0 Å². The summed E-state index contributed by atoms with van der Waals surface area (Å²) in [5.41, 5.74) is 0.455. The number of ketones is 1. The van der Waals surface area contributed by atoms with Gasteiger partial charge in [0.25, 0.3) is 10.0 Å². The molecule has 1 aromatic heterocycles. The number of aromatic amines is 1. The number of nitrogens with zero attached hydrogens (tertiary/aromatic N) is 1. The van der Waals surface area contributed by atoms with E-state index in [-0.39, 0.29) is 34.8 Å². The second-order valence-corrected chi connectivity index (χ2v) is 6.12. The molecule has 116 valence electrons. The first-order chi connectivity index (χ1) is 10.4. The van der Waals surface area contributed by atoms with Gasteiger partial charge in [-0.3, -0.25) is 19.4 Å². The van der Waals surface area contributed by atoms with Crippen LogP contribution < -0.4 is 4.72 Å². The lowest BCUT2D eigenvalue weighted by Gasteiger charge is -2.07. The zero-order chi connectivity index (χ0) is 16.2. The number of Topliss-reactive ketones (excluding diaryl/α,β-unsaturated/α-hetero) is 1. The molecule has 22 heavy (non-hydrogen) atoms. The molecule has 2 rings (SSSR count). The van der Waals surface area contributed by atoms with Crippen molar-refractivity contribution in [3.8, 4) is 0 Å². The maximum atomic E-state index is 12.0. The number of aliphatic carboxylic acids is 1. The molecule has 1 heterocycles. The average Bonchev–Trinajstić information content (AvgIpc) is 2.99. The number of H-pyrrole nitrogens is 1. The van der Waals surface area contributed by atoms with E-state index in [2.05, 4.69) is 14.9 Å². The minimum atomic E-state index is -3.79. The highest BCUT2D eigenvalue weighted by atomic mass is 32.2. The summed E-state index contributed by atoms with van der Waals surface area (Å²) in [4.78, 5) is 22.3. The second kappa shape index (κ2) is 6.39. The van der Waals surface area contributed by atoms with Gasteiger partial charge in [-0.2, -0.15) is 5.10 Å². The summed E-state index contributed by atoms with van der Waals surface area (Å²) in [6.45, 7) is 0. The molecule has 2 aromatic rings. The number of carbonyl (C=O) groups is 2. The van der Waals surface area contributed by atoms with Gasteiger partial charge in [-0.15, -0.1) is 0 Å². The van der Waals surface area contributed by atoms with Crippen molar-refractivity contribution in [3.05, 3.63) is 42.2 Å². The SMILES string of the molecule is O=C(O)CCC(=O)c1cccc(NS(=O)(=O)c2cn[nH]c2)c1. The van der Waals surface area contributed by atoms with Crippen molar-refractivity contribution in [3.63, 3.8) is 0 Å². The molecule has 1 aromatic carbocycles. The van der Waals surface area contributed by atoms with E-state index in [4.69, 9.17) is 5.11 Å². The Balaban J connectivity index is 2.15. The summed E-state index contributed by atoms with van der Waals surface area (Å²) in [5.74, 6) is -1.43. The second-order valence-electron chi connectivity index (χ2n) is 4.44. The molecule has 0 aliphatic heterocycles. The molecule has 0 bridgehead atoms. The predicted octanol–water partition coefficient (Wildman–Crippen LogP) is 1.26. The maximum Gasteiger partial charge on any atom is 0.303 e. The number of hydrogen-bond donors (Lipinski definition) is 3. The summed E-state index contributed by atoms with van der Waals surface area (Å²) < 4.78 is 26.4. The molecule has 0 saturated carbocycles. The van der Waals surface area contributed by atoms with E-state index in [0.29, 0.717) is 0 Å². The normalized spacial score (nSPS) is 11.1. The van der Waals surface area contributed by atoms with Crippen molar-refractivity contribution in [2.45, 2.75) is 17.7 Å². The van der Waals surface area contributed by atoms with Gasteiger partial charge in [-0.25, -0.2) is 8.42 Å². The summed E-state index contributed by atoms with van der Waals surface area (Å²) in [6.07, 6.45) is 1.96. The number of nitrogens with one attached hydrogen (secondary N) is 2. The van der Waals surface area contributed by atoms with Gasteiger partial charge in [-0.05, 0) is 12.1 Å². The zero-order valence-corrected chi connectivity index (χ0v) is 12.1. The van der Waals surface area contributed by atoms with Crippen LogP contribution in [0.25, 0.3) is 0 Å². The van der Waals surface area contributed by atoms with E-state index in [1.165, 1.54) is 30.5 Å². The highest BCUT2D eigenvalue weighted by Gasteiger charge is 2.16. The fraction of sp³-hybridized carbons (Fsp3) is 0.154. The predicted molar refractivity (Wildman–Crippen MR) is 77.0 cm³/mol. The van der Waals surface area contributed by atoms with Crippen LogP contribution in [-0.4, -0.2) is 35.5 Å². The van der Waals surface area contributed by atoms with Gasteiger partial charge in [0.1, 0.15) is 4.90 Å². The van der Waals surface area contributed by atoms with Crippen molar-refractivity contribution in [1.82, 2.24) is 10.2 Å². The summed E-state index contributed by atoms with van der Waals surface area (Å²) >= 11 is 0. The molecule has 0 atom stereocenters. The van der Waals surface area contributed by atoms with Crippen LogP contribution >= 0.6 is 0 Å². The van der Waals surface area contributed by atoms with E-state index >= 15 is 0 Å². The van der Waals surface area contributed by atoms with Crippen LogP contribution in [0.5, 0.6) is 0 Å². The first-order valence-electron chi connectivity index (χ1n) is 6.25. The molecular weight excluding hydrogens is 310 g/mol. The Bertz CT molecular complexity index is 784. The molecule has 0 radical (unpaired) electrons. The lowest BCUT2D eigenvalue weighted by molar-refractivity contribution is -0.136. The molecule has 3 N–H and O–H groups in total. The molecule has 0 spiro atoms. The minimum absolute atomic E-state index is 0.0323. The lowest BCUT2D eigenvalue weighted by atomic mass is 10.1. The fourth-order valence-electron chi connectivity index (χ4n) is 1.72. The third-order valence-electron chi connectivity index (χ3n) is 2.79. The fourth-order valence-corrected chi connectivity index (χ4v) is 2.68. The van der Waals surface area contributed by atoms with Crippen LogP contribution in [0.2, 0.25) is 0 Å². The molecular formula is C13H13N3O5S. The summed E-state index contributed by atoms with van der Waals surface area (Å²) in [5, 5.41) is 14.5. The van der Waals surface area contributed by atoms with Crippen molar-refractivity contribution >= 4 is 27.5 Å². The summed E-state index contributed by atoms with van der Waals surface area (Å²) in [7, 11) is -3.79. The molecule has 0 fully saturated rings. The van der Waals surface area contributed by atoms with Gasteiger partial charge in [0, 0.05) is 23.9 Å². The first-order valence-corrected chi connectivity index (χ1v) is 7.73. The summed E-state index contributed by atoms with van der Waals surface area (Å²) in [6, 6.07) is 5.87. The van der Waals surface area contributed by atoms with Crippen LogP contribution in [0, 0.1) is 0 Å². The number of benzene rings is 1. The Morgan fingerprint density at radius 1 is 1.27 bits per heavy atom. The Morgan fingerprint density at radius 3 is 2.68 bits per heavy atom. The Morgan fingerprint density at radius 2 is 2.05 bits per heavy atom. The van der Waals surface area contributed by atoms with Gasteiger partial charge >= 0.3 is 5.97 Å². The van der Waals surface area contributed by atoms with Crippen LogP contribution in [0.1, 0.15) is 23.2 Å². The molecule has 0 aliphatic carbocycles. The van der Waals surface area contributed by atoms with Gasteiger partial charge in [-0.1, -0.05) is 12.1 Å². The van der Waals surface area contributed by atoms with Crippen molar-refractivity contribution in [1.29, 1.82) is 0 Å². The number of hydrogen-bond acceptors (Lipinski definition) is 5. The molecule has 0 saturated heterocycles. The monoisotopic (exact) mass is 323 g/mol. The number of carbonyl (C=O) groups excluding carboxylic acids is 1. The zero-order valence-electron chi connectivity index (χ0n) is 11.3. The van der Waals surface area contributed by atoms with E-state index in [0.717, 1.165) is 6.20 Å². The van der Waals surface area contributed by atoms with E-state index in [9.17, 15) is 18.0 Å². The smallest absolute Gasteiger partial charge is 0.303 e. The molecule has 0 amide bonds. The first kappa shape index (κ1) is 15.7. The van der Waals surface area contributed by atoms with Crippen molar-refractivity contribution < 1.29 is 23.1 Å². The Hall–Kier alpha value is -2.68. The number of carboxylic acids is 1. The number of carboxylic acid groups (broad SMARTS) is 1. The topological polar surface area (TPSA) is 129 Å². The van der Waals surface area contributed by atoms with Gasteiger partial charge in [0.2, 0.25) is 0 Å². The van der Waals surface area contributed by atoms with Crippen molar-refractivity contribution in [2.24, 2.45) is 0 Å². The third kappa shape index (κ3) is 3.92. The number of anilines is 1. The van der Waals surface area contributed by atoms with E-state index in [1.807, 2.05) is 0 Å². The highest BCUT2D eigenvalue weighted by molar-refractivity contribution is 7.92. The number of aromatic nitrogens is 2. The number of rotatable bonds is 7. The van der Waals surface area contributed by atoms with Crippen LogP contribution in [0.3, 0.4) is 0 Å². The van der Waals surface area contributed by atoms with E-state index < -0.39 is 16.0 Å². The number of sulfonamides is 1. The molecule has 9 heteroatoms. The molecule has 8 nitrogen and oxygen atoms in total. The third-order valence-corrected chi connectivity index (χ3v) is 4.13.